The van der Waals surface area contributed by atoms with Crippen LogP contribution in [0.3, 0.4) is 0 Å². The number of aliphatic carboxylic acids is 1. The highest BCUT2D eigenvalue weighted by Crippen LogP contribution is 2.28. The monoisotopic (exact) mass is 414 g/mol. The van der Waals surface area contributed by atoms with Crippen molar-refractivity contribution in [3.63, 3.8) is 0 Å². The quantitative estimate of drug-likeness (QED) is 0.525. The highest BCUT2D eigenvalue weighted by atomic mass is 127. The second-order valence-electron chi connectivity index (χ2n) is 4.39. The van der Waals surface area contributed by atoms with Crippen molar-refractivity contribution < 1.29 is 9.90 Å². The van der Waals surface area contributed by atoms with Crippen LogP contribution in [0.5, 0.6) is 0 Å². The predicted molar refractivity (Wildman–Crippen MR) is 88.9 cm³/mol. The van der Waals surface area contributed by atoms with E-state index in [1.807, 2.05) is 42.1 Å². The number of hydrogen-bond donors (Lipinski definition) is 1. The molecule has 0 saturated heterocycles. The van der Waals surface area contributed by atoms with Crippen molar-refractivity contribution in [2.75, 3.05) is 5.75 Å². The van der Waals surface area contributed by atoms with Gasteiger partial charge in [0.05, 0.1) is 16.8 Å². The molecule has 0 saturated carbocycles. The first-order valence-corrected chi connectivity index (χ1v) is 8.13. The van der Waals surface area contributed by atoms with Crippen molar-refractivity contribution in [3.8, 4) is 5.82 Å². The summed E-state index contributed by atoms with van der Waals surface area (Å²) in [5, 5.41) is 13.9. The Morgan fingerprint density at radius 3 is 2.90 bits per heavy atom. The molecule has 0 bridgehead atoms. The number of rotatable bonds is 4. The fourth-order valence-electron chi connectivity index (χ4n) is 2.00. The summed E-state index contributed by atoms with van der Waals surface area (Å²) in [5.41, 5.74) is 1.75. The topological polar surface area (TPSA) is 72.9 Å². The SMILES string of the molecule is Cn1ccc(-n2c(SCC(=O)O)nc3cc(I)ccc32)n1. The summed E-state index contributed by atoms with van der Waals surface area (Å²) in [6.45, 7) is 0. The van der Waals surface area contributed by atoms with Crippen LogP contribution in [0.1, 0.15) is 0 Å². The molecule has 0 aliphatic heterocycles. The molecule has 0 amide bonds. The molecule has 0 aliphatic rings. The minimum atomic E-state index is -0.866. The number of fused-ring (bicyclic) bond motifs is 1. The molecule has 3 rings (SSSR count). The normalized spacial score (nSPS) is 11.1. The highest BCUT2D eigenvalue weighted by Gasteiger charge is 2.16. The Labute approximate surface area is 138 Å². The Kier molecular flexibility index (Phi) is 3.89. The van der Waals surface area contributed by atoms with Crippen LogP contribution in [0, 0.1) is 3.57 Å². The number of imidazole rings is 1. The van der Waals surface area contributed by atoms with Gasteiger partial charge in [0, 0.05) is 22.9 Å². The molecule has 0 atom stereocenters. The average molecular weight is 414 g/mol. The third-order valence-corrected chi connectivity index (χ3v) is 4.43. The molecule has 0 unspecified atom stereocenters. The van der Waals surface area contributed by atoms with Gasteiger partial charge in [-0.2, -0.15) is 5.10 Å². The predicted octanol–water partition coefficient (Wildman–Crippen LogP) is 2.54. The van der Waals surface area contributed by atoms with Crippen LogP contribution in [0.25, 0.3) is 16.9 Å². The number of carbonyl (C=O) groups is 1. The fourth-order valence-corrected chi connectivity index (χ4v) is 3.21. The van der Waals surface area contributed by atoms with E-state index >= 15 is 0 Å². The lowest BCUT2D eigenvalue weighted by Gasteiger charge is -2.04. The largest absolute Gasteiger partial charge is 0.481 e. The lowest BCUT2D eigenvalue weighted by molar-refractivity contribution is -0.133. The van der Waals surface area contributed by atoms with Crippen molar-refractivity contribution in [2.45, 2.75) is 5.16 Å². The number of carboxylic acids is 1. The fraction of sp³-hybridized carbons (Fsp3) is 0.154. The van der Waals surface area contributed by atoms with Crippen LogP contribution in [0.2, 0.25) is 0 Å². The standard InChI is InChI=1S/C13H11IN4O2S/c1-17-5-4-11(16-17)18-10-3-2-8(14)6-9(10)15-13(18)21-7-12(19)20/h2-6H,7H2,1H3,(H,19,20). The van der Waals surface area contributed by atoms with Crippen LogP contribution in [0.4, 0.5) is 0 Å². The molecule has 0 radical (unpaired) electrons. The average Bonchev–Trinajstić information content (AvgIpc) is 2.98. The Hall–Kier alpha value is -1.55. The van der Waals surface area contributed by atoms with Gasteiger partial charge in [-0.3, -0.25) is 14.0 Å². The van der Waals surface area contributed by atoms with Gasteiger partial charge in [-0.15, -0.1) is 0 Å². The zero-order valence-electron chi connectivity index (χ0n) is 11.0. The molecular weight excluding hydrogens is 403 g/mol. The summed E-state index contributed by atoms with van der Waals surface area (Å²) in [7, 11) is 1.84. The maximum absolute atomic E-state index is 10.8. The Balaban J connectivity index is 2.17. The molecule has 1 aromatic carbocycles. The molecule has 2 heterocycles. The van der Waals surface area contributed by atoms with Gasteiger partial charge >= 0.3 is 5.97 Å². The van der Waals surface area contributed by atoms with E-state index in [0.717, 1.165) is 20.4 Å². The second-order valence-corrected chi connectivity index (χ2v) is 6.58. The van der Waals surface area contributed by atoms with Crippen molar-refractivity contribution in [1.82, 2.24) is 19.3 Å². The molecule has 2 aromatic heterocycles. The van der Waals surface area contributed by atoms with E-state index in [-0.39, 0.29) is 5.75 Å². The smallest absolute Gasteiger partial charge is 0.313 e. The van der Waals surface area contributed by atoms with Gasteiger partial charge in [0.25, 0.3) is 0 Å². The van der Waals surface area contributed by atoms with E-state index in [4.69, 9.17) is 5.11 Å². The number of halogens is 1. The van der Waals surface area contributed by atoms with Gasteiger partial charge in [-0.25, -0.2) is 4.98 Å². The number of carboxylic acid groups (broad SMARTS) is 1. The zero-order chi connectivity index (χ0) is 15.0. The summed E-state index contributed by atoms with van der Waals surface area (Å²) >= 11 is 3.42. The molecule has 0 aliphatic carbocycles. The maximum Gasteiger partial charge on any atom is 0.313 e. The summed E-state index contributed by atoms with van der Waals surface area (Å²) in [4.78, 5) is 15.4. The summed E-state index contributed by atoms with van der Waals surface area (Å²) in [6, 6.07) is 7.82. The van der Waals surface area contributed by atoms with Gasteiger partial charge in [0.15, 0.2) is 11.0 Å². The number of aryl methyl sites for hydroxylation is 1. The molecular formula is C13H11IN4O2S. The third-order valence-electron chi connectivity index (χ3n) is 2.84. The molecule has 21 heavy (non-hydrogen) atoms. The highest BCUT2D eigenvalue weighted by molar-refractivity contribution is 14.1. The van der Waals surface area contributed by atoms with Crippen LogP contribution < -0.4 is 0 Å². The summed E-state index contributed by atoms with van der Waals surface area (Å²) in [5.74, 6) is -0.170. The summed E-state index contributed by atoms with van der Waals surface area (Å²) < 4.78 is 4.68. The van der Waals surface area contributed by atoms with Crippen molar-refractivity contribution in [2.24, 2.45) is 7.05 Å². The van der Waals surface area contributed by atoms with Crippen molar-refractivity contribution >= 4 is 51.4 Å². The minimum Gasteiger partial charge on any atom is -0.481 e. The van der Waals surface area contributed by atoms with E-state index in [2.05, 4.69) is 32.7 Å². The van der Waals surface area contributed by atoms with Crippen LogP contribution in [-0.4, -0.2) is 36.2 Å². The molecule has 8 heteroatoms. The molecule has 6 nitrogen and oxygen atoms in total. The van der Waals surface area contributed by atoms with Gasteiger partial charge in [-0.05, 0) is 40.8 Å². The van der Waals surface area contributed by atoms with E-state index in [1.165, 1.54) is 11.8 Å². The molecule has 0 spiro atoms. The van der Waals surface area contributed by atoms with Crippen molar-refractivity contribution in [1.29, 1.82) is 0 Å². The van der Waals surface area contributed by atoms with Gasteiger partial charge in [0.1, 0.15) is 0 Å². The van der Waals surface area contributed by atoms with E-state index in [1.54, 1.807) is 4.68 Å². The first-order valence-electron chi connectivity index (χ1n) is 6.07. The lowest BCUT2D eigenvalue weighted by atomic mass is 10.3. The first kappa shape index (κ1) is 14.4. The summed E-state index contributed by atoms with van der Waals surface area (Å²) in [6.07, 6.45) is 1.85. The number of nitrogens with zero attached hydrogens (tertiary/aromatic N) is 4. The molecule has 1 N–H and O–H groups in total. The Bertz CT molecular complexity index is 827. The van der Waals surface area contributed by atoms with Gasteiger partial charge < -0.3 is 5.11 Å². The number of thioether (sulfide) groups is 1. The number of hydrogen-bond acceptors (Lipinski definition) is 4. The van der Waals surface area contributed by atoms with Crippen molar-refractivity contribution in [3.05, 3.63) is 34.0 Å². The number of aromatic nitrogens is 4. The minimum absolute atomic E-state index is 0.0345. The Morgan fingerprint density at radius 1 is 1.43 bits per heavy atom. The van der Waals surface area contributed by atoms with Crippen LogP contribution in [0.15, 0.2) is 35.6 Å². The molecule has 0 fully saturated rings. The maximum atomic E-state index is 10.8. The third kappa shape index (κ3) is 2.91. The number of benzene rings is 1. The lowest BCUT2D eigenvalue weighted by Crippen LogP contribution is -2.02. The van der Waals surface area contributed by atoms with Gasteiger partial charge in [-0.1, -0.05) is 11.8 Å². The van der Waals surface area contributed by atoms with Crippen LogP contribution >= 0.6 is 34.4 Å². The zero-order valence-corrected chi connectivity index (χ0v) is 14.0. The Morgan fingerprint density at radius 2 is 2.24 bits per heavy atom. The molecule has 108 valence electrons. The first-order chi connectivity index (χ1) is 10.0. The van der Waals surface area contributed by atoms with Gasteiger partial charge in [0.2, 0.25) is 0 Å². The van der Waals surface area contributed by atoms with Crippen LogP contribution in [-0.2, 0) is 11.8 Å². The van der Waals surface area contributed by atoms with E-state index in [9.17, 15) is 4.79 Å². The van der Waals surface area contributed by atoms with E-state index < -0.39 is 5.97 Å². The molecule has 3 aromatic rings. The second kappa shape index (κ2) is 5.68. The van der Waals surface area contributed by atoms with E-state index in [0.29, 0.717) is 5.16 Å².